The Morgan fingerprint density at radius 1 is 1.39 bits per heavy atom. The number of carbonyl (C=O) groups is 1. The molecular formula is C14H23N3O. The number of nitrogens with one attached hydrogen (secondary N) is 1. The maximum atomic E-state index is 11.4. The van der Waals surface area contributed by atoms with E-state index in [1.54, 1.807) is 6.07 Å². The maximum Gasteiger partial charge on any atom is 0.265 e. The van der Waals surface area contributed by atoms with Gasteiger partial charge in [0.25, 0.3) is 5.91 Å². The van der Waals surface area contributed by atoms with E-state index in [1.807, 2.05) is 18.2 Å². The molecule has 1 aromatic rings. The van der Waals surface area contributed by atoms with Crippen LogP contribution in [0.1, 0.15) is 36.7 Å². The van der Waals surface area contributed by atoms with Crippen molar-refractivity contribution >= 4 is 5.91 Å². The molecule has 0 aliphatic carbocycles. The minimum atomic E-state index is -0.253. The van der Waals surface area contributed by atoms with E-state index in [9.17, 15) is 4.79 Å². The topological polar surface area (TPSA) is 58.4 Å². The molecule has 0 fully saturated rings. The highest BCUT2D eigenvalue weighted by Crippen LogP contribution is 2.13. The molecule has 0 saturated heterocycles. The Hall–Kier alpha value is -1.39. The van der Waals surface area contributed by atoms with Gasteiger partial charge in [0.05, 0.1) is 0 Å². The Bertz CT molecular complexity index is 404. The molecule has 0 saturated carbocycles. The molecule has 0 radical (unpaired) electrons. The number of hydrogen-bond acceptors (Lipinski definition) is 3. The van der Waals surface area contributed by atoms with Gasteiger partial charge in [-0.15, -0.1) is 0 Å². The Labute approximate surface area is 109 Å². The van der Waals surface area contributed by atoms with E-state index in [1.165, 1.54) is 0 Å². The average molecular weight is 249 g/mol. The lowest BCUT2D eigenvalue weighted by Crippen LogP contribution is -2.33. The van der Waals surface area contributed by atoms with Crippen LogP contribution in [0.5, 0.6) is 0 Å². The minimum absolute atomic E-state index is 0.253. The Morgan fingerprint density at radius 2 is 2.06 bits per heavy atom. The number of nitrogen functional groups attached to an aromatic ring is 1. The standard InChI is InChI=1S/C14H23N3O/c1-10(2)11(3)17(4)9-12-6-5-7-13(8-12)14(18)16-15/h5-8,10-11H,9,15H2,1-4H3,(H,16,18). The van der Waals surface area contributed by atoms with Gasteiger partial charge in [-0.1, -0.05) is 26.0 Å². The zero-order valence-electron chi connectivity index (χ0n) is 11.6. The zero-order chi connectivity index (χ0) is 13.7. The number of hydrazine groups is 1. The lowest BCUT2D eigenvalue weighted by molar-refractivity contribution is 0.0953. The van der Waals surface area contributed by atoms with E-state index in [-0.39, 0.29) is 5.91 Å². The van der Waals surface area contributed by atoms with Crippen LogP contribution in [0.4, 0.5) is 0 Å². The van der Waals surface area contributed by atoms with Gasteiger partial charge < -0.3 is 0 Å². The Kier molecular flexibility index (Phi) is 5.31. The van der Waals surface area contributed by atoms with E-state index < -0.39 is 0 Å². The molecule has 0 aromatic heterocycles. The molecule has 0 heterocycles. The molecular weight excluding hydrogens is 226 g/mol. The number of nitrogens with two attached hydrogens (primary N) is 1. The fraction of sp³-hybridized carbons (Fsp3) is 0.500. The normalized spacial score (nSPS) is 12.8. The molecule has 4 heteroatoms. The molecule has 0 bridgehead atoms. The molecule has 1 aromatic carbocycles. The summed E-state index contributed by atoms with van der Waals surface area (Å²) in [6, 6.07) is 8.05. The highest BCUT2D eigenvalue weighted by atomic mass is 16.2. The van der Waals surface area contributed by atoms with Gasteiger partial charge in [0, 0.05) is 18.2 Å². The second kappa shape index (κ2) is 6.52. The second-order valence-electron chi connectivity index (χ2n) is 5.07. The molecule has 18 heavy (non-hydrogen) atoms. The predicted molar refractivity (Wildman–Crippen MR) is 73.9 cm³/mol. The summed E-state index contributed by atoms with van der Waals surface area (Å²) in [7, 11) is 2.10. The second-order valence-corrected chi connectivity index (χ2v) is 5.07. The largest absolute Gasteiger partial charge is 0.299 e. The number of amides is 1. The number of rotatable bonds is 5. The highest BCUT2D eigenvalue weighted by Gasteiger charge is 2.13. The summed E-state index contributed by atoms with van der Waals surface area (Å²) >= 11 is 0. The molecule has 3 N–H and O–H groups in total. The van der Waals surface area contributed by atoms with Crippen molar-refractivity contribution < 1.29 is 4.79 Å². The van der Waals surface area contributed by atoms with Gasteiger partial charge in [-0.25, -0.2) is 5.84 Å². The van der Waals surface area contributed by atoms with Crippen molar-refractivity contribution in [3.05, 3.63) is 35.4 Å². The van der Waals surface area contributed by atoms with Crippen molar-refractivity contribution in [2.24, 2.45) is 11.8 Å². The lowest BCUT2D eigenvalue weighted by Gasteiger charge is -2.27. The molecule has 1 rings (SSSR count). The number of benzene rings is 1. The van der Waals surface area contributed by atoms with Crippen LogP contribution in [0.15, 0.2) is 24.3 Å². The summed E-state index contributed by atoms with van der Waals surface area (Å²) in [6.45, 7) is 7.45. The zero-order valence-corrected chi connectivity index (χ0v) is 11.6. The summed E-state index contributed by atoms with van der Waals surface area (Å²) in [6.07, 6.45) is 0. The molecule has 100 valence electrons. The van der Waals surface area contributed by atoms with E-state index >= 15 is 0 Å². The van der Waals surface area contributed by atoms with Crippen LogP contribution in [0.2, 0.25) is 0 Å². The third-order valence-corrected chi connectivity index (χ3v) is 3.41. The number of nitrogens with zero attached hydrogens (tertiary/aromatic N) is 1. The van der Waals surface area contributed by atoms with Gasteiger partial charge in [-0.05, 0) is 37.6 Å². The average Bonchev–Trinajstić information content (AvgIpc) is 2.36. The van der Waals surface area contributed by atoms with Crippen LogP contribution in [-0.4, -0.2) is 23.9 Å². The summed E-state index contributed by atoms with van der Waals surface area (Å²) in [4.78, 5) is 13.7. The van der Waals surface area contributed by atoms with E-state index in [0.29, 0.717) is 17.5 Å². The fourth-order valence-corrected chi connectivity index (χ4v) is 1.84. The highest BCUT2D eigenvalue weighted by molar-refractivity contribution is 5.93. The number of hydrogen-bond donors (Lipinski definition) is 2. The molecule has 1 atom stereocenters. The first-order chi connectivity index (χ1) is 8.45. The van der Waals surface area contributed by atoms with Crippen molar-refractivity contribution in [1.29, 1.82) is 0 Å². The fourth-order valence-electron chi connectivity index (χ4n) is 1.84. The molecule has 0 aliphatic heterocycles. The molecule has 0 aliphatic rings. The van der Waals surface area contributed by atoms with E-state index in [4.69, 9.17) is 5.84 Å². The van der Waals surface area contributed by atoms with Crippen LogP contribution in [0.3, 0.4) is 0 Å². The van der Waals surface area contributed by atoms with Gasteiger partial charge in [-0.3, -0.25) is 15.1 Å². The van der Waals surface area contributed by atoms with Crippen molar-refractivity contribution in [2.75, 3.05) is 7.05 Å². The summed E-state index contributed by atoms with van der Waals surface area (Å²) in [5.74, 6) is 5.48. The van der Waals surface area contributed by atoms with Crippen LogP contribution in [0.25, 0.3) is 0 Å². The Morgan fingerprint density at radius 3 is 2.61 bits per heavy atom. The smallest absolute Gasteiger partial charge is 0.265 e. The summed E-state index contributed by atoms with van der Waals surface area (Å²) in [5, 5.41) is 0. The first kappa shape index (κ1) is 14.7. The van der Waals surface area contributed by atoms with Gasteiger partial charge >= 0.3 is 0 Å². The van der Waals surface area contributed by atoms with E-state index in [0.717, 1.165) is 12.1 Å². The molecule has 1 unspecified atom stereocenters. The Balaban J connectivity index is 2.76. The van der Waals surface area contributed by atoms with Gasteiger partial charge in [0.15, 0.2) is 0 Å². The monoisotopic (exact) mass is 249 g/mol. The molecule has 0 spiro atoms. The number of carbonyl (C=O) groups excluding carboxylic acids is 1. The maximum absolute atomic E-state index is 11.4. The minimum Gasteiger partial charge on any atom is -0.299 e. The lowest BCUT2D eigenvalue weighted by atomic mass is 10.0. The van der Waals surface area contributed by atoms with Crippen molar-refractivity contribution in [3.8, 4) is 0 Å². The van der Waals surface area contributed by atoms with Gasteiger partial charge in [-0.2, -0.15) is 0 Å². The third-order valence-electron chi connectivity index (χ3n) is 3.41. The van der Waals surface area contributed by atoms with Crippen molar-refractivity contribution in [2.45, 2.75) is 33.4 Å². The van der Waals surface area contributed by atoms with Crippen molar-refractivity contribution in [3.63, 3.8) is 0 Å². The van der Waals surface area contributed by atoms with Crippen LogP contribution < -0.4 is 11.3 Å². The SMILES string of the molecule is CC(C)C(C)N(C)Cc1cccc(C(=O)NN)c1. The first-order valence-electron chi connectivity index (χ1n) is 6.25. The predicted octanol–water partition coefficient (Wildman–Crippen LogP) is 1.77. The summed E-state index contributed by atoms with van der Waals surface area (Å²) in [5.41, 5.74) is 3.86. The van der Waals surface area contributed by atoms with Crippen LogP contribution in [-0.2, 0) is 6.54 Å². The van der Waals surface area contributed by atoms with Crippen molar-refractivity contribution in [1.82, 2.24) is 10.3 Å². The summed E-state index contributed by atoms with van der Waals surface area (Å²) < 4.78 is 0. The van der Waals surface area contributed by atoms with Gasteiger partial charge in [0.2, 0.25) is 0 Å². The van der Waals surface area contributed by atoms with Gasteiger partial charge in [0.1, 0.15) is 0 Å². The quantitative estimate of drug-likeness (QED) is 0.475. The van der Waals surface area contributed by atoms with E-state index in [2.05, 4.69) is 38.1 Å². The molecule has 1 amide bonds. The molecule has 4 nitrogen and oxygen atoms in total. The third kappa shape index (κ3) is 3.82. The van der Waals surface area contributed by atoms with Crippen LogP contribution >= 0.6 is 0 Å². The first-order valence-corrected chi connectivity index (χ1v) is 6.25. The van der Waals surface area contributed by atoms with Crippen LogP contribution in [0, 0.1) is 5.92 Å².